The van der Waals surface area contributed by atoms with Crippen molar-refractivity contribution in [1.29, 1.82) is 0 Å². The van der Waals surface area contributed by atoms with Crippen molar-refractivity contribution in [2.24, 2.45) is 17.8 Å². The van der Waals surface area contributed by atoms with Gasteiger partial charge in [-0.3, -0.25) is 4.79 Å². The van der Waals surface area contributed by atoms with E-state index in [2.05, 4.69) is 0 Å². The fraction of sp³-hybridized carbons (Fsp3) is 0.619. The van der Waals surface area contributed by atoms with E-state index < -0.39 is 0 Å². The highest BCUT2D eigenvalue weighted by atomic mass is 16.5. The molecule has 0 bridgehead atoms. The van der Waals surface area contributed by atoms with Crippen molar-refractivity contribution in [3.05, 3.63) is 30.3 Å². The quantitative estimate of drug-likeness (QED) is 0.815. The number of rotatable bonds is 4. The Hall–Kier alpha value is -2.24. The molecule has 27 heavy (non-hydrogen) atoms. The van der Waals surface area contributed by atoms with E-state index in [1.165, 1.54) is 0 Å². The summed E-state index contributed by atoms with van der Waals surface area (Å²) in [7, 11) is 3.60. The van der Waals surface area contributed by atoms with Gasteiger partial charge in [0.1, 0.15) is 5.75 Å². The van der Waals surface area contributed by atoms with Gasteiger partial charge in [0.15, 0.2) is 0 Å². The summed E-state index contributed by atoms with van der Waals surface area (Å²) in [6.45, 7) is 5.43. The standard InChI is InChI=1S/C21H31N3O3/c1-16(25)23-11-9-17(10-12-23)20-14-24(21(26)22(2)3)13-18(20)15-27-19-7-5-4-6-8-19/h4-8,17-18,20H,9-15H2,1-3H3/t18-,20-/m0/s1. The summed E-state index contributed by atoms with van der Waals surface area (Å²) in [5, 5.41) is 0. The molecule has 0 aromatic heterocycles. The van der Waals surface area contributed by atoms with Crippen molar-refractivity contribution >= 4 is 11.9 Å². The highest BCUT2D eigenvalue weighted by Crippen LogP contribution is 2.36. The van der Waals surface area contributed by atoms with Crippen molar-refractivity contribution in [2.75, 3.05) is 46.9 Å². The molecule has 2 heterocycles. The first-order valence-corrected chi connectivity index (χ1v) is 9.85. The van der Waals surface area contributed by atoms with E-state index in [9.17, 15) is 9.59 Å². The van der Waals surface area contributed by atoms with Gasteiger partial charge in [0.2, 0.25) is 5.91 Å². The Morgan fingerprint density at radius 2 is 1.74 bits per heavy atom. The van der Waals surface area contributed by atoms with Crippen LogP contribution in [-0.2, 0) is 4.79 Å². The van der Waals surface area contributed by atoms with Gasteiger partial charge >= 0.3 is 6.03 Å². The second kappa shape index (κ2) is 8.63. The van der Waals surface area contributed by atoms with Crippen LogP contribution in [0.4, 0.5) is 4.79 Å². The third-order valence-corrected chi connectivity index (χ3v) is 5.94. The Bertz CT molecular complexity index is 641. The first-order chi connectivity index (χ1) is 13.0. The second-order valence-corrected chi connectivity index (χ2v) is 7.97. The van der Waals surface area contributed by atoms with Crippen LogP contribution in [-0.4, -0.2) is 73.5 Å². The van der Waals surface area contributed by atoms with Crippen LogP contribution in [0.25, 0.3) is 0 Å². The van der Waals surface area contributed by atoms with Crippen molar-refractivity contribution in [2.45, 2.75) is 19.8 Å². The molecule has 0 unspecified atom stereocenters. The van der Waals surface area contributed by atoms with E-state index >= 15 is 0 Å². The Kier molecular flexibility index (Phi) is 6.24. The zero-order chi connectivity index (χ0) is 19.4. The normalized spacial score (nSPS) is 23.4. The van der Waals surface area contributed by atoms with E-state index in [0.717, 1.165) is 44.8 Å². The minimum atomic E-state index is 0.0726. The zero-order valence-corrected chi connectivity index (χ0v) is 16.6. The molecule has 1 aromatic rings. The average Bonchev–Trinajstić information content (AvgIpc) is 3.10. The molecule has 0 spiro atoms. The lowest BCUT2D eigenvalue weighted by atomic mass is 9.79. The Morgan fingerprint density at radius 1 is 1.07 bits per heavy atom. The van der Waals surface area contributed by atoms with Crippen LogP contribution in [0.1, 0.15) is 19.8 Å². The molecule has 6 nitrogen and oxygen atoms in total. The fourth-order valence-electron chi connectivity index (χ4n) is 4.41. The summed E-state index contributed by atoms with van der Waals surface area (Å²) in [4.78, 5) is 29.6. The number of para-hydroxylation sites is 1. The van der Waals surface area contributed by atoms with Gasteiger partial charge < -0.3 is 19.4 Å². The number of piperidine rings is 1. The van der Waals surface area contributed by atoms with Gasteiger partial charge in [-0.05, 0) is 36.8 Å². The lowest BCUT2D eigenvalue weighted by molar-refractivity contribution is -0.130. The predicted octanol–water partition coefficient (Wildman–Crippen LogP) is 2.55. The summed E-state index contributed by atoms with van der Waals surface area (Å²) < 4.78 is 6.04. The lowest BCUT2D eigenvalue weighted by Gasteiger charge is -2.36. The largest absolute Gasteiger partial charge is 0.493 e. The zero-order valence-electron chi connectivity index (χ0n) is 16.6. The molecular formula is C21H31N3O3. The number of nitrogens with zero attached hydrogens (tertiary/aromatic N) is 3. The number of hydrogen-bond donors (Lipinski definition) is 0. The van der Waals surface area contributed by atoms with Crippen LogP contribution in [0.3, 0.4) is 0 Å². The first kappa shape index (κ1) is 19.5. The molecule has 0 radical (unpaired) electrons. The van der Waals surface area contributed by atoms with Crippen molar-refractivity contribution < 1.29 is 14.3 Å². The summed E-state index contributed by atoms with van der Waals surface area (Å²) in [5.41, 5.74) is 0. The molecule has 2 aliphatic heterocycles. The summed E-state index contributed by atoms with van der Waals surface area (Å²) in [6, 6.07) is 9.94. The molecule has 2 atom stereocenters. The molecule has 0 saturated carbocycles. The van der Waals surface area contributed by atoms with Crippen LogP contribution in [0.2, 0.25) is 0 Å². The summed E-state index contributed by atoms with van der Waals surface area (Å²) >= 11 is 0. The Labute approximate surface area is 162 Å². The van der Waals surface area contributed by atoms with Gasteiger partial charge in [0, 0.05) is 53.1 Å². The lowest BCUT2D eigenvalue weighted by Crippen LogP contribution is -2.41. The number of benzene rings is 1. The maximum absolute atomic E-state index is 12.5. The van der Waals surface area contributed by atoms with Crippen LogP contribution < -0.4 is 4.74 Å². The van der Waals surface area contributed by atoms with Crippen molar-refractivity contribution in [3.63, 3.8) is 0 Å². The Balaban J connectivity index is 1.66. The van der Waals surface area contributed by atoms with Crippen LogP contribution in [0.15, 0.2) is 30.3 Å². The summed E-state index contributed by atoms with van der Waals surface area (Å²) in [6.07, 6.45) is 2.02. The molecule has 1 aromatic carbocycles. The number of carbonyl (C=O) groups excluding carboxylic acids is 2. The average molecular weight is 373 g/mol. The van der Waals surface area contributed by atoms with Gasteiger partial charge in [-0.15, -0.1) is 0 Å². The van der Waals surface area contributed by atoms with Crippen LogP contribution in [0.5, 0.6) is 5.75 Å². The minimum Gasteiger partial charge on any atom is -0.493 e. The van der Waals surface area contributed by atoms with Crippen LogP contribution in [0, 0.1) is 17.8 Å². The maximum Gasteiger partial charge on any atom is 0.319 e. The van der Waals surface area contributed by atoms with Gasteiger partial charge in [-0.1, -0.05) is 18.2 Å². The van der Waals surface area contributed by atoms with E-state index in [0.29, 0.717) is 24.4 Å². The fourth-order valence-corrected chi connectivity index (χ4v) is 4.41. The maximum atomic E-state index is 12.5. The van der Waals surface area contributed by atoms with Crippen molar-refractivity contribution in [1.82, 2.24) is 14.7 Å². The number of ether oxygens (including phenoxy) is 1. The van der Waals surface area contributed by atoms with E-state index in [4.69, 9.17) is 4.74 Å². The summed E-state index contributed by atoms with van der Waals surface area (Å²) in [5.74, 6) is 2.31. The molecule has 3 amide bonds. The van der Waals surface area contributed by atoms with Gasteiger partial charge in [0.05, 0.1) is 6.61 Å². The molecule has 2 aliphatic rings. The highest BCUT2D eigenvalue weighted by molar-refractivity contribution is 5.74. The number of hydrogen-bond acceptors (Lipinski definition) is 3. The molecule has 0 N–H and O–H groups in total. The predicted molar refractivity (Wildman–Crippen MR) is 105 cm³/mol. The number of likely N-dealkylation sites (tertiary alicyclic amines) is 2. The third kappa shape index (κ3) is 4.73. The first-order valence-electron chi connectivity index (χ1n) is 9.85. The molecule has 0 aliphatic carbocycles. The van der Waals surface area contributed by atoms with Crippen molar-refractivity contribution in [3.8, 4) is 5.75 Å². The molecule has 3 rings (SSSR count). The number of amides is 3. The second-order valence-electron chi connectivity index (χ2n) is 7.97. The molecule has 2 saturated heterocycles. The van der Waals surface area contributed by atoms with E-state index in [1.807, 2.05) is 40.1 Å². The minimum absolute atomic E-state index is 0.0726. The van der Waals surface area contributed by atoms with E-state index in [-0.39, 0.29) is 11.9 Å². The van der Waals surface area contributed by atoms with E-state index in [1.54, 1.807) is 25.9 Å². The number of carbonyl (C=O) groups is 2. The monoisotopic (exact) mass is 373 g/mol. The smallest absolute Gasteiger partial charge is 0.319 e. The molecule has 6 heteroatoms. The van der Waals surface area contributed by atoms with Gasteiger partial charge in [-0.2, -0.15) is 0 Å². The number of urea groups is 1. The highest BCUT2D eigenvalue weighted by Gasteiger charge is 2.41. The molecule has 148 valence electrons. The third-order valence-electron chi connectivity index (χ3n) is 5.94. The molecule has 2 fully saturated rings. The van der Waals surface area contributed by atoms with Crippen LogP contribution >= 0.6 is 0 Å². The van der Waals surface area contributed by atoms with Gasteiger partial charge in [0.25, 0.3) is 0 Å². The Morgan fingerprint density at radius 3 is 2.33 bits per heavy atom. The SMILES string of the molecule is CC(=O)N1CCC([C@@H]2CN(C(=O)N(C)C)C[C@H]2COc2ccccc2)CC1. The topological polar surface area (TPSA) is 53.1 Å². The molecular weight excluding hydrogens is 342 g/mol. The van der Waals surface area contributed by atoms with Gasteiger partial charge in [-0.25, -0.2) is 4.79 Å².